The van der Waals surface area contributed by atoms with Crippen LogP contribution in [0, 0.1) is 16.7 Å². The minimum absolute atomic E-state index is 0.00228. The first-order valence-corrected chi connectivity index (χ1v) is 9.42. The van der Waals surface area contributed by atoms with Gasteiger partial charge in [-0.3, -0.25) is 9.59 Å². The topological polar surface area (TPSA) is 124 Å². The van der Waals surface area contributed by atoms with E-state index in [1.165, 1.54) is 0 Å². The second-order valence-corrected chi connectivity index (χ2v) is 8.40. The highest BCUT2D eigenvalue weighted by atomic mass is 16.5. The van der Waals surface area contributed by atoms with Crippen molar-refractivity contribution < 1.29 is 14.3 Å². The first-order chi connectivity index (χ1) is 13.7. The van der Waals surface area contributed by atoms with Crippen molar-refractivity contribution in [2.45, 2.75) is 39.2 Å². The number of carbonyl (C=O) groups is 2. The zero-order valence-corrected chi connectivity index (χ0v) is 16.4. The van der Waals surface area contributed by atoms with Gasteiger partial charge in [0.05, 0.1) is 5.92 Å². The van der Waals surface area contributed by atoms with Crippen LogP contribution in [0.4, 0.5) is 0 Å². The van der Waals surface area contributed by atoms with E-state index >= 15 is 0 Å². The lowest BCUT2D eigenvalue weighted by Gasteiger charge is -2.37. The number of allylic oxidation sites excluding steroid dienone is 3. The lowest BCUT2D eigenvalue weighted by atomic mass is 9.70. The largest absolute Gasteiger partial charge is 0.444 e. The third-order valence-corrected chi connectivity index (χ3v) is 5.53. The smallest absolute Gasteiger partial charge is 0.237 e. The molecule has 2 heterocycles. The summed E-state index contributed by atoms with van der Waals surface area (Å²) in [6, 6.07) is 9.65. The van der Waals surface area contributed by atoms with E-state index in [2.05, 4.69) is 6.07 Å². The summed E-state index contributed by atoms with van der Waals surface area (Å²) in [5, 5.41) is 10.7. The first kappa shape index (κ1) is 18.8. The Hall–Kier alpha value is -3.53. The summed E-state index contributed by atoms with van der Waals surface area (Å²) in [6.45, 7) is 4.01. The van der Waals surface area contributed by atoms with Crippen molar-refractivity contribution >= 4 is 22.6 Å². The molecule has 2 aliphatic rings. The second kappa shape index (κ2) is 6.52. The van der Waals surface area contributed by atoms with Crippen LogP contribution in [-0.4, -0.2) is 16.3 Å². The number of nitrogens with zero attached hydrogens (tertiary/aromatic N) is 2. The number of ether oxygens (including phenoxy) is 1. The molecule has 0 saturated heterocycles. The highest BCUT2D eigenvalue weighted by Gasteiger charge is 2.43. The number of hydrogen-bond donors (Lipinski definition) is 2. The number of nitrogens with two attached hydrogens (primary N) is 2. The van der Waals surface area contributed by atoms with Crippen molar-refractivity contribution in [2.75, 3.05) is 0 Å². The van der Waals surface area contributed by atoms with E-state index in [0.717, 1.165) is 16.5 Å². The number of rotatable bonds is 3. The van der Waals surface area contributed by atoms with E-state index in [0.29, 0.717) is 24.2 Å². The fourth-order valence-corrected chi connectivity index (χ4v) is 4.40. The number of ketones is 1. The van der Waals surface area contributed by atoms with E-state index in [1.54, 1.807) is 10.8 Å². The zero-order chi connectivity index (χ0) is 20.9. The number of primary amides is 1. The molecule has 29 heavy (non-hydrogen) atoms. The molecule has 1 aliphatic heterocycles. The second-order valence-electron chi connectivity index (χ2n) is 8.40. The standard InChI is InChI=1S/C22H22N4O3/c1-22(2)7-16(27)20-17(8-22)29-21(25)13(9-23)19(20)14-10-26(11-18(24)28)15-6-4-3-5-12(14)15/h3-6,10,19H,7-8,11,25H2,1-2H3,(H2,24,28)/t19-/m1/s1. The normalized spacial score (nSPS) is 21.0. The Morgan fingerprint density at radius 3 is 2.76 bits per heavy atom. The number of amides is 1. The summed E-state index contributed by atoms with van der Waals surface area (Å²) < 4.78 is 7.49. The van der Waals surface area contributed by atoms with E-state index in [4.69, 9.17) is 16.2 Å². The Bertz CT molecular complexity index is 1160. The summed E-state index contributed by atoms with van der Waals surface area (Å²) in [7, 11) is 0. The van der Waals surface area contributed by atoms with Crippen LogP contribution < -0.4 is 11.5 Å². The van der Waals surface area contributed by atoms with Gasteiger partial charge < -0.3 is 20.8 Å². The van der Waals surface area contributed by atoms with Gasteiger partial charge >= 0.3 is 0 Å². The summed E-state index contributed by atoms with van der Waals surface area (Å²) in [5.41, 5.74) is 13.5. The van der Waals surface area contributed by atoms with Crippen LogP contribution in [0.2, 0.25) is 0 Å². The lowest BCUT2D eigenvalue weighted by Crippen LogP contribution is -2.33. The molecule has 1 amide bonds. The molecular formula is C22H22N4O3. The molecule has 4 rings (SSSR count). The minimum atomic E-state index is -0.633. The molecule has 4 N–H and O–H groups in total. The Kier molecular flexibility index (Phi) is 4.23. The van der Waals surface area contributed by atoms with Crippen LogP contribution >= 0.6 is 0 Å². The van der Waals surface area contributed by atoms with Crippen molar-refractivity contribution in [1.29, 1.82) is 5.26 Å². The third-order valence-electron chi connectivity index (χ3n) is 5.53. The summed E-state index contributed by atoms with van der Waals surface area (Å²) in [4.78, 5) is 24.7. The molecule has 1 aromatic heterocycles. The van der Waals surface area contributed by atoms with Crippen LogP contribution in [0.15, 0.2) is 53.3 Å². The number of benzene rings is 1. The molecule has 7 nitrogen and oxygen atoms in total. The SMILES string of the molecule is CC1(C)CC(=O)C2=C(C1)OC(N)=C(C#N)[C@@H]2c1cn(CC(N)=O)c2ccccc12. The molecule has 7 heteroatoms. The van der Waals surface area contributed by atoms with Crippen molar-refractivity contribution in [1.82, 2.24) is 4.57 Å². The maximum Gasteiger partial charge on any atom is 0.237 e. The third kappa shape index (κ3) is 3.07. The van der Waals surface area contributed by atoms with Crippen LogP contribution in [0.3, 0.4) is 0 Å². The van der Waals surface area contributed by atoms with Gasteiger partial charge in [-0.05, 0) is 17.0 Å². The molecule has 148 valence electrons. The highest BCUT2D eigenvalue weighted by molar-refractivity contribution is 6.01. The van der Waals surface area contributed by atoms with E-state index in [-0.39, 0.29) is 29.2 Å². The maximum absolute atomic E-state index is 13.1. The molecule has 0 unspecified atom stereocenters. The van der Waals surface area contributed by atoms with Gasteiger partial charge in [0.15, 0.2) is 5.78 Å². The van der Waals surface area contributed by atoms with Crippen LogP contribution in [0.1, 0.15) is 38.2 Å². The summed E-state index contributed by atoms with van der Waals surface area (Å²) >= 11 is 0. The fraction of sp³-hybridized carbons (Fsp3) is 0.318. The average molecular weight is 390 g/mol. The molecule has 2 aromatic rings. The number of fused-ring (bicyclic) bond motifs is 1. The van der Waals surface area contributed by atoms with E-state index in [1.807, 2.05) is 38.1 Å². The zero-order valence-electron chi connectivity index (χ0n) is 16.4. The summed E-state index contributed by atoms with van der Waals surface area (Å²) in [6.07, 6.45) is 2.71. The number of para-hydroxylation sites is 1. The van der Waals surface area contributed by atoms with Crippen LogP contribution in [0.25, 0.3) is 10.9 Å². The lowest BCUT2D eigenvalue weighted by molar-refractivity contribution is -0.119. The number of carbonyl (C=O) groups excluding carboxylic acids is 2. The minimum Gasteiger partial charge on any atom is -0.444 e. The molecule has 0 spiro atoms. The molecule has 1 atom stereocenters. The predicted octanol–water partition coefficient (Wildman–Crippen LogP) is 2.58. The van der Waals surface area contributed by atoms with Crippen molar-refractivity contribution in [3.63, 3.8) is 0 Å². The molecule has 1 aromatic carbocycles. The molecular weight excluding hydrogens is 368 g/mol. The van der Waals surface area contributed by atoms with Gasteiger partial charge in [0.25, 0.3) is 0 Å². The number of nitriles is 1. The monoisotopic (exact) mass is 390 g/mol. The maximum atomic E-state index is 13.1. The Balaban J connectivity index is 1.98. The van der Waals surface area contributed by atoms with Crippen LogP contribution in [0.5, 0.6) is 0 Å². The Morgan fingerprint density at radius 2 is 2.07 bits per heavy atom. The molecule has 0 radical (unpaired) electrons. The van der Waals surface area contributed by atoms with Gasteiger partial charge in [0.2, 0.25) is 11.8 Å². The van der Waals surface area contributed by atoms with Gasteiger partial charge in [-0.2, -0.15) is 5.26 Å². The Labute approximate surface area is 168 Å². The molecule has 1 aliphatic carbocycles. The van der Waals surface area contributed by atoms with Crippen molar-refractivity contribution in [2.24, 2.45) is 16.9 Å². The molecule has 0 fully saturated rings. The fourth-order valence-electron chi connectivity index (χ4n) is 4.40. The quantitative estimate of drug-likeness (QED) is 0.833. The summed E-state index contributed by atoms with van der Waals surface area (Å²) in [5.74, 6) is -0.609. The first-order valence-electron chi connectivity index (χ1n) is 9.42. The number of Topliss-reactive ketones (excluding diaryl/α,β-unsaturated/α-hetero) is 1. The van der Waals surface area contributed by atoms with Crippen LogP contribution in [-0.2, 0) is 20.9 Å². The van der Waals surface area contributed by atoms with Gasteiger partial charge in [0, 0.05) is 35.5 Å². The van der Waals surface area contributed by atoms with Gasteiger partial charge in [-0.15, -0.1) is 0 Å². The van der Waals surface area contributed by atoms with E-state index in [9.17, 15) is 14.9 Å². The van der Waals surface area contributed by atoms with Crippen molar-refractivity contribution in [3.05, 3.63) is 58.8 Å². The van der Waals surface area contributed by atoms with Gasteiger partial charge in [-0.25, -0.2) is 0 Å². The van der Waals surface area contributed by atoms with Crippen molar-refractivity contribution in [3.8, 4) is 6.07 Å². The van der Waals surface area contributed by atoms with Gasteiger partial charge in [-0.1, -0.05) is 32.0 Å². The number of aromatic nitrogens is 1. The molecule has 0 bridgehead atoms. The Morgan fingerprint density at radius 1 is 1.34 bits per heavy atom. The predicted molar refractivity (Wildman–Crippen MR) is 107 cm³/mol. The molecule has 0 saturated carbocycles. The average Bonchev–Trinajstić information content (AvgIpc) is 2.97. The van der Waals surface area contributed by atoms with Gasteiger partial charge in [0.1, 0.15) is 23.9 Å². The highest BCUT2D eigenvalue weighted by Crippen LogP contribution is 2.49. The van der Waals surface area contributed by atoms with E-state index < -0.39 is 11.8 Å². The number of hydrogen-bond acceptors (Lipinski definition) is 5.